The van der Waals surface area contributed by atoms with E-state index in [1.807, 2.05) is 30.3 Å². The highest BCUT2D eigenvalue weighted by Gasteiger charge is 2.32. The molecule has 0 radical (unpaired) electrons. The SMILES string of the molecule is O=C(CC1CCN(S(=O)(=O)c2ccco2)CC1)Nc1ccc2cc1CCc1cccc(c1)Nc1ncc(Cl)c(n1)N2. The second-order valence-corrected chi connectivity index (χ2v) is 12.5. The first kappa shape index (κ1) is 27.3. The molecule has 0 aliphatic carbocycles. The average Bonchev–Trinajstić information content (AvgIpc) is 3.51. The monoisotopic (exact) mass is 592 g/mol. The van der Waals surface area contributed by atoms with Crippen LogP contribution in [0.1, 0.15) is 30.4 Å². The number of carbonyl (C=O) groups is 1. The molecule has 2 aliphatic heterocycles. The van der Waals surface area contributed by atoms with Gasteiger partial charge in [-0.1, -0.05) is 23.7 Å². The number of nitrogens with zero attached hydrogens (tertiary/aromatic N) is 3. The molecule has 1 fully saturated rings. The van der Waals surface area contributed by atoms with Crippen molar-refractivity contribution in [2.45, 2.75) is 37.2 Å². The molecule has 0 saturated carbocycles. The number of fused-ring (bicyclic) bond motifs is 6. The second kappa shape index (κ2) is 11.5. The van der Waals surface area contributed by atoms with Crippen LogP contribution in [0.25, 0.3) is 0 Å². The number of nitrogens with one attached hydrogen (secondary N) is 3. The summed E-state index contributed by atoms with van der Waals surface area (Å²) in [6.07, 6.45) is 5.91. The van der Waals surface area contributed by atoms with Crippen LogP contribution in [0.4, 0.5) is 28.8 Å². The number of halogens is 1. The van der Waals surface area contributed by atoms with Crippen LogP contribution in [0, 0.1) is 5.92 Å². The summed E-state index contributed by atoms with van der Waals surface area (Å²) in [6, 6.07) is 16.8. The lowest BCUT2D eigenvalue weighted by Gasteiger charge is -2.30. The van der Waals surface area contributed by atoms with Crippen LogP contribution in [0.15, 0.2) is 76.6 Å². The minimum absolute atomic E-state index is 0.0498. The van der Waals surface area contributed by atoms with Crippen molar-refractivity contribution in [3.05, 3.63) is 83.2 Å². The quantitative estimate of drug-likeness (QED) is 0.268. The molecule has 0 atom stereocenters. The van der Waals surface area contributed by atoms with Gasteiger partial charge in [-0.3, -0.25) is 4.79 Å². The van der Waals surface area contributed by atoms with Crippen molar-refractivity contribution in [2.24, 2.45) is 5.92 Å². The lowest BCUT2D eigenvalue weighted by molar-refractivity contribution is -0.117. The molecule has 3 N–H and O–H groups in total. The summed E-state index contributed by atoms with van der Waals surface area (Å²) in [7, 11) is -3.64. The topological polar surface area (TPSA) is 129 Å². The molecule has 0 spiro atoms. The number of hydrogen-bond donors (Lipinski definition) is 3. The smallest absolute Gasteiger partial charge is 0.276 e. The molecule has 4 heterocycles. The first-order valence-electron chi connectivity index (χ1n) is 13.5. The number of rotatable bonds is 5. The van der Waals surface area contributed by atoms with Crippen molar-refractivity contribution >= 4 is 56.4 Å². The largest absolute Gasteiger partial charge is 0.452 e. The number of hydrogen-bond acceptors (Lipinski definition) is 8. The number of aromatic nitrogens is 2. The predicted octanol–water partition coefficient (Wildman–Crippen LogP) is 5.74. The van der Waals surface area contributed by atoms with Crippen LogP contribution in [-0.2, 0) is 27.7 Å². The van der Waals surface area contributed by atoms with E-state index in [1.54, 1.807) is 12.3 Å². The fourth-order valence-electron chi connectivity index (χ4n) is 5.22. The Hall–Kier alpha value is -3.93. The van der Waals surface area contributed by atoms with Crippen LogP contribution in [0.5, 0.6) is 0 Å². The van der Waals surface area contributed by atoms with E-state index >= 15 is 0 Å². The molecule has 4 aromatic rings. The van der Waals surface area contributed by atoms with Crippen molar-refractivity contribution in [3.63, 3.8) is 0 Å². The summed E-state index contributed by atoms with van der Waals surface area (Å²) >= 11 is 6.37. The van der Waals surface area contributed by atoms with E-state index in [2.05, 4.69) is 38.1 Å². The molecule has 12 heteroatoms. The van der Waals surface area contributed by atoms with Crippen molar-refractivity contribution in [1.29, 1.82) is 0 Å². The number of sulfonamides is 1. The zero-order chi connectivity index (χ0) is 28.4. The van der Waals surface area contributed by atoms with Gasteiger partial charge in [0.2, 0.25) is 16.9 Å². The maximum Gasteiger partial charge on any atom is 0.276 e. The number of amides is 1. The zero-order valence-corrected chi connectivity index (χ0v) is 23.7. The van der Waals surface area contributed by atoms with Gasteiger partial charge < -0.3 is 20.4 Å². The summed E-state index contributed by atoms with van der Waals surface area (Å²) in [5, 5.41) is 9.95. The van der Waals surface area contributed by atoms with Gasteiger partial charge >= 0.3 is 0 Å². The minimum Gasteiger partial charge on any atom is -0.452 e. The molecular formula is C29H29ClN6O4S. The summed E-state index contributed by atoms with van der Waals surface area (Å²) in [5.41, 5.74) is 4.52. The van der Waals surface area contributed by atoms with Crippen LogP contribution in [0.3, 0.4) is 0 Å². The minimum atomic E-state index is -3.64. The van der Waals surface area contributed by atoms with Gasteiger partial charge in [0.05, 0.1) is 12.5 Å². The van der Waals surface area contributed by atoms with Crippen molar-refractivity contribution in [1.82, 2.24) is 14.3 Å². The fourth-order valence-corrected chi connectivity index (χ4v) is 6.73. The average molecular weight is 593 g/mol. The molecule has 6 bridgehead atoms. The summed E-state index contributed by atoms with van der Waals surface area (Å²) in [4.78, 5) is 21.9. The molecule has 0 unspecified atom stereocenters. The Labute approximate surface area is 243 Å². The van der Waals surface area contributed by atoms with Crippen molar-refractivity contribution in [3.8, 4) is 0 Å². The van der Waals surface area contributed by atoms with E-state index < -0.39 is 10.0 Å². The van der Waals surface area contributed by atoms with E-state index in [4.69, 9.17) is 16.0 Å². The Morgan fingerprint density at radius 1 is 1.05 bits per heavy atom. The third-order valence-corrected chi connectivity index (χ3v) is 9.45. The maximum absolute atomic E-state index is 13.1. The van der Waals surface area contributed by atoms with E-state index in [0.717, 1.165) is 34.6 Å². The predicted molar refractivity (Wildman–Crippen MR) is 157 cm³/mol. The van der Waals surface area contributed by atoms with Crippen molar-refractivity contribution in [2.75, 3.05) is 29.0 Å². The zero-order valence-electron chi connectivity index (χ0n) is 22.1. The highest BCUT2D eigenvalue weighted by atomic mass is 35.5. The Balaban J connectivity index is 1.16. The number of aryl methyl sites for hydroxylation is 2. The van der Waals surface area contributed by atoms with Gasteiger partial charge in [-0.2, -0.15) is 9.29 Å². The van der Waals surface area contributed by atoms with Crippen LogP contribution in [0.2, 0.25) is 5.02 Å². The number of furan rings is 1. The molecule has 6 rings (SSSR count). The van der Waals surface area contributed by atoms with Crippen LogP contribution >= 0.6 is 11.6 Å². The molecule has 2 aromatic heterocycles. The molecule has 10 nitrogen and oxygen atoms in total. The van der Waals surface area contributed by atoms with E-state index in [-0.39, 0.29) is 16.9 Å². The van der Waals surface area contributed by atoms with Crippen LogP contribution in [-0.4, -0.2) is 41.7 Å². The number of benzene rings is 2. The molecule has 1 amide bonds. The fraction of sp³-hybridized carbons (Fsp3) is 0.276. The maximum atomic E-state index is 13.1. The summed E-state index contributed by atoms with van der Waals surface area (Å²) in [6.45, 7) is 0.710. The highest BCUT2D eigenvalue weighted by molar-refractivity contribution is 7.89. The van der Waals surface area contributed by atoms with Gasteiger partial charge in [0.25, 0.3) is 10.0 Å². The molecule has 2 aliphatic rings. The van der Waals surface area contributed by atoms with Crippen LogP contribution < -0.4 is 16.0 Å². The lowest BCUT2D eigenvalue weighted by Crippen LogP contribution is -2.39. The Morgan fingerprint density at radius 3 is 2.68 bits per heavy atom. The van der Waals surface area contributed by atoms with Gasteiger partial charge in [-0.05, 0) is 85.2 Å². The molecule has 41 heavy (non-hydrogen) atoms. The first-order chi connectivity index (χ1) is 19.8. The lowest BCUT2D eigenvalue weighted by atomic mass is 9.94. The standard InChI is InChI=1S/C29H29ClN6O4S/c30-24-18-31-29-33-22-4-1-3-19(15-22)6-7-21-17-23(32-28(24)35-29)8-9-25(21)34-26(37)16-20-10-12-36(13-11-20)41(38,39)27-5-2-14-40-27/h1-5,8-9,14-15,17-18,20H,6-7,10-13,16H2,(H,34,37)(H2,31,32,33,35). The summed E-state index contributed by atoms with van der Waals surface area (Å²) in [5.74, 6) is 0.907. The number of carbonyl (C=O) groups excluding carboxylic acids is 1. The molecule has 212 valence electrons. The number of anilines is 5. The highest BCUT2D eigenvalue weighted by Crippen LogP contribution is 2.31. The van der Waals surface area contributed by atoms with Gasteiger partial charge in [0.1, 0.15) is 5.02 Å². The van der Waals surface area contributed by atoms with Gasteiger partial charge in [0.15, 0.2) is 5.82 Å². The normalized spacial score (nSPS) is 15.9. The van der Waals surface area contributed by atoms with E-state index in [0.29, 0.717) is 55.6 Å². The van der Waals surface area contributed by atoms with E-state index in [1.165, 1.54) is 16.6 Å². The van der Waals surface area contributed by atoms with E-state index in [9.17, 15) is 13.2 Å². The Morgan fingerprint density at radius 2 is 1.88 bits per heavy atom. The first-order valence-corrected chi connectivity index (χ1v) is 15.3. The van der Waals surface area contributed by atoms with Gasteiger partial charge in [-0.15, -0.1) is 0 Å². The Bertz CT molecular complexity index is 1670. The second-order valence-electron chi connectivity index (χ2n) is 10.2. The molecular weight excluding hydrogens is 564 g/mol. The van der Waals surface area contributed by atoms with Crippen molar-refractivity contribution < 1.29 is 17.6 Å². The van der Waals surface area contributed by atoms with Gasteiger partial charge in [0, 0.05) is 36.6 Å². The number of piperidine rings is 1. The third-order valence-electron chi connectivity index (χ3n) is 7.39. The Kier molecular flexibility index (Phi) is 7.65. The summed E-state index contributed by atoms with van der Waals surface area (Å²) < 4.78 is 32.0. The third kappa shape index (κ3) is 6.22. The molecule has 2 aromatic carbocycles. The molecule has 1 saturated heterocycles. The van der Waals surface area contributed by atoms with Gasteiger partial charge in [-0.25, -0.2) is 13.4 Å².